The largest absolute Gasteiger partial charge is 0.350 e. The van der Waals surface area contributed by atoms with Gasteiger partial charge in [0.2, 0.25) is 5.91 Å². The average molecular weight is 232 g/mol. The zero-order valence-electron chi connectivity index (χ0n) is 7.97. The molecule has 14 heavy (non-hydrogen) atoms. The molecule has 0 bridgehead atoms. The van der Waals surface area contributed by atoms with Crippen LogP contribution in [-0.2, 0) is 4.79 Å². The van der Waals surface area contributed by atoms with E-state index in [1.54, 1.807) is 12.1 Å². The Morgan fingerprint density at radius 3 is 2.57 bits per heavy atom. The summed E-state index contributed by atoms with van der Waals surface area (Å²) in [6.45, 7) is 3.34. The van der Waals surface area contributed by atoms with Crippen molar-refractivity contribution in [3.05, 3.63) is 33.8 Å². The molecule has 4 heteroatoms. The summed E-state index contributed by atoms with van der Waals surface area (Å²) in [5.74, 6) is -0.0801. The van der Waals surface area contributed by atoms with Crippen LogP contribution in [0.3, 0.4) is 0 Å². The molecule has 0 aromatic heterocycles. The van der Waals surface area contributed by atoms with Crippen molar-refractivity contribution >= 4 is 29.1 Å². The summed E-state index contributed by atoms with van der Waals surface area (Å²) in [7, 11) is 0. The highest BCUT2D eigenvalue weighted by molar-refractivity contribution is 6.35. The Hall–Kier alpha value is -0.730. The topological polar surface area (TPSA) is 29.1 Å². The maximum atomic E-state index is 10.8. The van der Waals surface area contributed by atoms with Crippen LogP contribution in [0.5, 0.6) is 0 Å². The molecule has 1 N–H and O–H groups in total. The molecule has 1 rings (SSSR count). The Morgan fingerprint density at radius 1 is 1.43 bits per heavy atom. The number of halogens is 2. The van der Waals surface area contributed by atoms with Crippen molar-refractivity contribution in [1.29, 1.82) is 0 Å². The van der Waals surface area contributed by atoms with Crippen LogP contribution in [0.15, 0.2) is 18.2 Å². The molecule has 1 amide bonds. The fourth-order valence-corrected chi connectivity index (χ4v) is 1.81. The van der Waals surface area contributed by atoms with E-state index < -0.39 is 0 Å². The Balaban J connectivity index is 2.90. The molecule has 0 aliphatic heterocycles. The van der Waals surface area contributed by atoms with Crippen LogP contribution in [-0.4, -0.2) is 5.91 Å². The normalized spacial score (nSPS) is 12.3. The van der Waals surface area contributed by atoms with Gasteiger partial charge in [-0.15, -0.1) is 0 Å². The average Bonchev–Trinajstić information content (AvgIpc) is 2.01. The van der Waals surface area contributed by atoms with Gasteiger partial charge >= 0.3 is 0 Å². The third-order valence-electron chi connectivity index (χ3n) is 1.85. The van der Waals surface area contributed by atoms with Gasteiger partial charge in [-0.05, 0) is 24.6 Å². The number of hydrogen-bond acceptors (Lipinski definition) is 1. The van der Waals surface area contributed by atoms with E-state index >= 15 is 0 Å². The van der Waals surface area contributed by atoms with Gasteiger partial charge in [0.1, 0.15) is 0 Å². The third kappa shape index (κ3) is 2.89. The Morgan fingerprint density at radius 2 is 2.07 bits per heavy atom. The monoisotopic (exact) mass is 231 g/mol. The number of nitrogens with one attached hydrogen (secondary N) is 1. The maximum Gasteiger partial charge on any atom is 0.217 e. The van der Waals surface area contributed by atoms with Crippen molar-refractivity contribution in [3.63, 3.8) is 0 Å². The molecule has 0 saturated heterocycles. The molecule has 0 radical (unpaired) electrons. The molecule has 0 heterocycles. The van der Waals surface area contributed by atoms with E-state index in [2.05, 4.69) is 5.32 Å². The first-order valence-electron chi connectivity index (χ1n) is 4.22. The van der Waals surface area contributed by atoms with Crippen LogP contribution in [0.1, 0.15) is 25.5 Å². The smallest absolute Gasteiger partial charge is 0.217 e. The molecule has 1 unspecified atom stereocenters. The second-order valence-corrected chi connectivity index (χ2v) is 3.93. The van der Waals surface area contributed by atoms with Crippen LogP contribution in [0, 0.1) is 0 Å². The summed E-state index contributed by atoms with van der Waals surface area (Å²) in [4.78, 5) is 10.8. The molecule has 0 aliphatic rings. The van der Waals surface area contributed by atoms with Crippen molar-refractivity contribution in [2.24, 2.45) is 0 Å². The lowest BCUT2D eigenvalue weighted by Gasteiger charge is -2.14. The minimum Gasteiger partial charge on any atom is -0.350 e. The first kappa shape index (κ1) is 11.3. The highest BCUT2D eigenvalue weighted by Gasteiger charge is 2.10. The number of carbonyl (C=O) groups excluding carboxylic acids is 1. The van der Waals surface area contributed by atoms with E-state index in [0.717, 1.165) is 5.56 Å². The summed E-state index contributed by atoms with van der Waals surface area (Å²) in [5.41, 5.74) is 0.867. The lowest BCUT2D eigenvalue weighted by Crippen LogP contribution is -2.23. The number of carbonyl (C=O) groups is 1. The molecule has 1 aromatic carbocycles. The quantitative estimate of drug-likeness (QED) is 0.833. The maximum absolute atomic E-state index is 10.8. The van der Waals surface area contributed by atoms with Gasteiger partial charge in [-0.1, -0.05) is 29.3 Å². The van der Waals surface area contributed by atoms with Gasteiger partial charge < -0.3 is 5.32 Å². The fourth-order valence-electron chi connectivity index (χ4n) is 1.24. The van der Waals surface area contributed by atoms with Crippen molar-refractivity contribution in [1.82, 2.24) is 5.32 Å². The Kier molecular flexibility index (Phi) is 3.78. The van der Waals surface area contributed by atoms with Crippen molar-refractivity contribution in [2.45, 2.75) is 19.9 Å². The second kappa shape index (κ2) is 4.67. The van der Waals surface area contributed by atoms with Crippen molar-refractivity contribution in [3.8, 4) is 0 Å². The van der Waals surface area contributed by atoms with Gasteiger partial charge in [0.25, 0.3) is 0 Å². The molecular weight excluding hydrogens is 221 g/mol. The summed E-state index contributed by atoms with van der Waals surface area (Å²) in [6, 6.07) is 5.13. The number of hydrogen-bond donors (Lipinski definition) is 1. The number of amides is 1. The van der Waals surface area contributed by atoms with Crippen molar-refractivity contribution < 1.29 is 4.79 Å². The van der Waals surface area contributed by atoms with Gasteiger partial charge in [0.05, 0.1) is 6.04 Å². The van der Waals surface area contributed by atoms with Crippen LogP contribution >= 0.6 is 23.2 Å². The highest BCUT2D eigenvalue weighted by atomic mass is 35.5. The minimum atomic E-state index is -0.0998. The molecule has 0 aliphatic carbocycles. The lowest BCUT2D eigenvalue weighted by molar-refractivity contribution is -0.119. The molecule has 1 aromatic rings. The Labute approximate surface area is 93.2 Å². The molecule has 0 saturated carbocycles. The van der Waals surface area contributed by atoms with Gasteiger partial charge in [-0.3, -0.25) is 4.79 Å². The minimum absolute atomic E-state index is 0.0801. The first-order valence-corrected chi connectivity index (χ1v) is 4.98. The lowest BCUT2D eigenvalue weighted by atomic mass is 10.1. The molecule has 2 nitrogen and oxygen atoms in total. The van der Waals surface area contributed by atoms with E-state index in [0.29, 0.717) is 10.0 Å². The summed E-state index contributed by atoms with van der Waals surface area (Å²) >= 11 is 11.7. The van der Waals surface area contributed by atoms with Gasteiger partial charge in [-0.2, -0.15) is 0 Å². The predicted molar refractivity (Wildman–Crippen MR) is 58.7 cm³/mol. The summed E-state index contributed by atoms with van der Waals surface area (Å²) in [6.07, 6.45) is 0. The highest BCUT2D eigenvalue weighted by Crippen LogP contribution is 2.25. The molecular formula is C10H11Cl2NO. The third-order valence-corrected chi connectivity index (χ3v) is 2.41. The fraction of sp³-hybridized carbons (Fsp3) is 0.300. The zero-order valence-corrected chi connectivity index (χ0v) is 9.49. The van der Waals surface area contributed by atoms with E-state index in [1.807, 2.05) is 13.0 Å². The van der Waals surface area contributed by atoms with Gasteiger partial charge in [0.15, 0.2) is 0 Å². The number of benzene rings is 1. The SMILES string of the molecule is CC(=O)NC(C)c1ccc(Cl)cc1Cl. The molecule has 0 fully saturated rings. The van der Waals surface area contributed by atoms with E-state index in [-0.39, 0.29) is 11.9 Å². The van der Waals surface area contributed by atoms with Gasteiger partial charge in [-0.25, -0.2) is 0 Å². The first-order chi connectivity index (χ1) is 6.50. The molecule has 1 atom stereocenters. The van der Waals surface area contributed by atoms with E-state index in [9.17, 15) is 4.79 Å². The summed E-state index contributed by atoms with van der Waals surface area (Å²) in [5, 5.41) is 3.91. The molecule has 76 valence electrons. The van der Waals surface area contributed by atoms with E-state index in [1.165, 1.54) is 6.92 Å². The van der Waals surface area contributed by atoms with Crippen LogP contribution in [0.4, 0.5) is 0 Å². The zero-order chi connectivity index (χ0) is 10.7. The van der Waals surface area contributed by atoms with Gasteiger partial charge in [0, 0.05) is 17.0 Å². The molecule has 0 spiro atoms. The second-order valence-electron chi connectivity index (χ2n) is 3.09. The Bertz CT molecular complexity index is 352. The predicted octanol–water partition coefficient (Wildman–Crippen LogP) is 3.19. The van der Waals surface area contributed by atoms with Crippen LogP contribution in [0.25, 0.3) is 0 Å². The van der Waals surface area contributed by atoms with Crippen LogP contribution in [0.2, 0.25) is 10.0 Å². The standard InChI is InChI=1S/C10H11Cl2NO/c1-6(13-7(2)14)9-4-3-8(11)5-10(9)12/h3-6H,1-2H3,(H,13,14). The van der Waals surface area contributed by atoms with E-state index in [4.69, 9.17) is 23.2 Å². The number of rotatable bonds is 2. The van der Waals surface area contributed by atoms with Crippen LogP contribution < -0.4 is 5.32 Å². The summed E-state index contributed by atoms with van der Waals surface area (Å²) < 4.78 is 0. The van der Waals surface area contributed by atoms with Crippen molar-refractivity contribution in [2.75, 3.05) is 0 Å².